The molecule has 2 atom stereocenters. The molecule has 0 aliphatic heterocycles. The fourth-order valence-corrected chi connectivity index (χ4v) is 3.51. The van der Waals surface area contributed by atoms with Crippen LogP contribution < -0.4 is 10.6 Å². The second kappa shape index (κ2) is 6.64. The van der Waals surface area contributed by atoms with Gasteiger partial charge in [0, 0.05) is 16.4 Å². The Morgan fingerprint density at radius 1 is 1.04 bits per heavy atom. The van der Waals surface area contributed by atoms with Crippen LogP contribution in [0.15, 0.2) is 53.0 Å². The molecule has 2 aliphatic carbocycles. The van der Waals surface area contributed by atoms with Crippen molar-refractivity contribution in [2.75, 3.05) is 5.32 Å². The Hall–Kier alpha value is -2.14. The summed E-state index contributed by atoms with van der Waals surface area (Å²) in [6, 6.07) is 15.6. The number of halogens is 1. The Kier molecular flexibility index (Phi) is 4.34. The van der Waals surface area contributed by atoms with E-state index in [0.29, 0.717) is 17.3 Å². The molecular formula is C20H19BrN2O2. The molecule has 128 valence electrons. The lowest BCUT2D eigenvalue weighted by Crippen LogP contribution is -2.27. The van der Waals surface area contributed by atoms with E-state index in [1.165, 1.54) is 5.56 Å². The van der Waals surface area contributed by atoms with Crippen LogP contribution in [-0.2, 0) is 4.79 Å². The molecule has 2 saturated carbocycles. The van der Waals surface area contributed by atoms with Gasteiger partial charge in [0.2, 0.25) is 5.91 Å². The summed E-state index contributed by atoms with van der Waals surface area (Å²) >= 11 is 3.47. The van der Waals surface area contributed by atoms with Gasteiger partial charge in [0.1, 0.15) is 0 Å². The lowest BCUT2D eigenvalue weighted by molar-refractivity contribution is -0.117. The third-order valence-corrected chi connectivity index (χ3v) is 5.24. The lowest BCUT2D eigenvalue weighted by atomic mass is 10.1. The highest BCUT2D eigenvalue weighted by atomic mass is 79.9. The number of nitrogens with one attached hydrogen (secondary N) is 2. The van der Waals surface area contributed by atoms with Crippen molar-refractivity contribution in [3.63, 3.8) is 0 Å². The van der Waals surface area contributed by atoms with E-state index in [1.54, 1.807) is 12.1 Å². The second-order valence-corrected chi connectivity index (χ2v) is 7.70. The summed E-state index contributed by atoms with van der Waals surface area (Å²) in [4.78, 5) is 24.9. The topological polar surface area (TPSA) is 58.2 Å². The minimum Gasteiger partial charge on any atom is -0.349 e. The van der Waals surface area contributed by atoms with E-state index in [4.69, 9.17) is 0 Å². The largest absolute Gasteiger partial charge is 0.349 e. The maximum Gasteiger partial charge on any atom is 0.253 e. The number of benzene rings is 2. The molecule has 25 heavy (non-hydrogen) atoms. The maximum absolute atomic E-state index is 12.6. The summed E-state index contributed by atoms with van der Waals surface area (Å²) < 4.78 is 1.03. The highest BCUT2D eigenvalue weighted by molar-refractivity contribution is 9.10. The van der Waals surface area contributed by atoms with Crippen molar-refractivity contribution in [2.45, 2.75) is 31.2 Å². The first kappa shape index (κ1) is 16.3. The van der Waals surface area contributed by atoms with E-state index in [1.807, 2.05) is 24.3 Å². The first-order chi connectivity index (χ1) is 12.1. The molecule has 0 radical (unpaired) electrons. The smallest absolute Gasteiger partial charge is 0.253 e. The SMILES string of the molecule is O=C(NC1CC1)c1ccccc1NC(=O)C1CC1c1cccc(Br)c1. The van der Waals surface area contributed by atoms with Gasteiger partial charge in [-0.1, -0.05) is 40.2 Å². The van der Waals surface area contributed by atoms with E-state index in [2.05, 4.69) is 38.7 Å². The van der Waals surface area contributed by atoms with Crippen molar-refractivity contribution < 1.29 is 9.59 Å². The molecule has 0 saturated heterocycles. The van der Waals surface area contributed by atoms with Crippen molar-refractivity contribution in [1.29, 1.82) is 0 Å². The summed E-state index contributed by atoms with van der Waals surface area (Å²) in [5, 5.41) is 5.92. The molecule has 0 heterocycles. The van der Waals surface area contributed by atoms with Crippen LogP contribution in [0.4, 0.5) is 5.69 Å². The van der Waals surface area contributed by atoms with E-state index < -0.39 is 0 Å². The van der Waals surface area contributed by atoms with Crippen LogP contribution in [0, 0.1) is 5.92 Å². The number of hydrogen-bond donors (Lipinski definition) is 2. The molecule has 0 aromatic heterocycles. The molecule has 2 N–H and O–H groups in total. The summed E-state index contributed by atoms with van der Waals surface area (Å²) in [6.45, 7) is 0. The van der Waals surface area contributed by atoms with Gasteiger partial charge in [-0.3, -0.25) is 9.59 Å². The van der Waals surface area contributed by atoms with Crippen molar-refractivity contribution in [3.8, 4) is 0 Å². The van der Waals surface area contributed by atoms with Crippen molar-refractivity contribution in [1.82, 2.24) is 5.32 Å². The summed E-state index contributed by atoms with van der Waals surface area (Å²) in [5.41, 5.74) is 2.29. The van der Waals surface area contributed by atoms with Gasteiger partial charge in [-0.2, -0.15) is 0 Å². The molecule has 4 nitrogen and oxygen atoms in total. The van der Waals surface area contributed by atoms with E-state index in [0.717, 1.165) is 23.7 Å². The van der Waals surface area contributed by atoms with Gasteiger partial charge in [-0.05, 0) is 55.0 Å². The first-order valence-electron chi connectivity index (χ1n) is 8.58. The van der Waals surface area contributed by atoms with E-state index in [-0.39, 0.29) is 23.7 Å². The monoisotopic (exact) mass is 398 g/mol. The molecule has 2 amide bonds. The lowest BCUT2D eigenvalue weighted by Gasteiger charge is -2.11. The Labute approximate surface area is 155 Å². The van der Waals surface area contributed by atoms with Gasteiger partial charge in [-0.25, -0.2) is 0 Å². The number of rotatable bonds is 5. The minimum atomic E-state index is -0.113. The van der Waals surface area contributed by atoms with Gasteiger partial charge < -0.3 is 10.6 Å². The number of amides is 2. The highest BCUT2D eigenvalue weighted by Gasteiger charge is 2.44. The number of hydrogen-bond acceptors (Lipinski definition) is 2. The van der Waals surface area contributed by atoms with Gasteiger partial charge in [0.15, 0.2) is 0 Å². The molecule has 5 heteroatoms. The normalized spacial score (nSPS) is 21.5. The summed E-state index contributed by atoms with van der Waals surface area (Å²) in [7, 11) is 0. The third-order valence-electron chi connectivity index (χ3n) is 4.75. The van der Waals surface area contributed by atoms with Crippen LogP contribution in [0.3, 0.4) is 0 Å². The second-order valence-electron chi connectivity index (χ2n) is 6.79. The van der Waals surface area contributed by atoms with Crippen LogP contribution in [0.1, 0.15) is 41.1 Å². The number of anilines is 1. The predicted octanol–water partition coefficient (Wildman–Crippen LogP) is 4.08. The van der Waals surface area contributed by atoms with Crippen LogP contribution in [0.25, 0.3) is 0 Å². The molecule has 2 aliphatic rings. The summed E-state index contributed by atoms with van der Waals surface area (Å²) in [5.74, 6) is 0.0909. The first-order valence-corrected chi connectivity index (χ1v) is 9.37. The standard InChI is InChI=1S/C20H19BrN2O2/c21-13-5-3-4-12(10-13)16-11-17(16)20(25)23-18-7-2-1-6-15(18)19(24)22-14-8-9-14/h1-7,10,14,16-17H,8-9,11H2,(H,22,24)(H,23,25). The van der Waals surface area contributed by atoms with Crippen LogP contribution in [0.5, 0.6) is 0 Å². The Balaban J connectivity index is 1.44. The van der Waals surface area contributed by atoms with Crippen LogP contribution in [0.2, 0.25) is 0 Å². The maximum atomic E-state index is 12.6. The van der Waals surface area contributed by atoms with Crippen molar-refractivity contribution in [2.24, 2.45) is 5.92 Å². The molecule has 2 fully saturated rings. The Morgan fingerprint density at radius 3 is 2.60 bits per heavy atom. The van der Waals surface area contributed by atoms with E-state index in [9.17, 15) is 9.59 Å². The molecule has 2 aromatic rings. The number of para-hydroxylation sites is 1. The predicted molar refractivity (Wildman–Crippen MR) is 101 cm³/mol. The van der Waals surface area contributed by atoms with Gasteiger partial charge in [0.05, 0.1) is 11.3 Å². The van der Waals surface area contributed by atoms with Crippen LogP contribution >= 0.6 is 15.9 Å². The van der Waals surface area contributed by atoms with Crippen molar-refractivity contribution >= 4 is 33.4 Å². The average molecular weight is 399 g/mol. The van der Waals surface area contributed by atoms with Gasteiger partial charge >= 0.3 is 0 Å². The van der Waals surface area contributed by atoms with Gasteiger partial charge in [-0.15, -0.1) is 0 Å². The molecule has 0 bridgehead atoms. The fourth-order valence-electron chi connectivity index (χ4n) is 3.10. The zero-order valence-electron chi connectivity index (χ0n) is 13.7. The fraction of sp³-hybridized carbons (Fsp3) is 0.300. The van der Waals surface area contributed by atoms with Crippen molar-refractivity contribution in [3.05, 3.63) is 64.1 Å². The molecular weight excluding hydrogens is 380 g/mol. The Bertz CT molecular complexity index is 832. The number of carbonyl (C=O) groups is 2. The van der Waals surface area contributed by atoms with E-state index >= 15 is 0 Å². The highest BCUT2D eigenvalue weighted by Crippen LogP contribution is 2.48. The number of carbonyl (C=O) groups excluding carboxylic acids is 2. The Morgan fingerprint density at radius 2 is 1.84 bits per heavy atom. The minimum absolute atomic E-state index is 0.0170. The molecule has 2 aromatic carbocycles. The average Bonchev–Trinajstić information content (AvgIpc) is 3.50. The zero-order chi connectivity index (χ0) is 17.4. The molecule has 2 unspecified atom stereocenters. The molecule has 0 spiro atoms. The molecule has 4 rings (SSSR count). The van der Waals surface area contributed by atoms with Crippen LogP contribution in [-0.4, -0.2) is 17.9 Å². The summed E-state index contributed by atoms with van der Waals surface area (Å²) in [6.07, 6.45) is 2.92. The third kappa shape index (κ3) is 3.76. The van der Waals surface area contributed by atoms with Gasteiger partial charge in [0.25, 0.3) is 5.91 Å². The zero-order valence-corrected chi connectivity index (χ0v) is 15.3. The quantitative estimate of drug-likeness (QED) is 0.796.